The molecule has 0 aromatic carbocycles. The third-order valence-electron chi connectivity index (χ3n) is 3.85. The molecule has 0 saturated carbocycles. The number of nitrogens with zero attached hydrogens (tertiary/aromatic N) is 5. The molecule has 3 rings (SSSR count). The summed E-state index contributed by atoms with van der Waals surface area (Å²) in [6, 6.07) is 1.62. The van der Waals surface area contributed by atoms with Crippen LogP contribution >= 0.6 is 0 Å². The van der Waals surface area contributed by atoms with Crippen LogP contribution in [0.5, 0.6) is 0 Å². The first kappa shape index (κ1) is 16.7. The lowest BCUT2D eigenvalue weighted by atomic mass is 10.2. The molecule has 0 radical (unpaired) electrons. The summed E-state index contributed by atoms with van der Waals surface area (Å²) >= 11 is 0. The van der Waals surface area contributed by atoms with Crippen LogP contribution in [0.4, 0.5) is 11.8 Å². The molecule has 1 N–H and O–H groups in total. The van der Waals surface area contributed by atoms with Crippen LogP contribution in [0.1, 0.15) is 36.0 Å². The zero-order valence-electron chi connectivity index (χ0n) is 13.9. The van der Waals surface area contributed by atoms with E-state index >= 15 is 0 Å². The van der Waals surface area contributed by atoms with Gasteiger partial charge in [0.2, 0.25) is 16.0 Å². The minimum atomic E-state index is -3.26. The predicted octanol–water partition coefficient (Wildman–Crippen LogP) is 1.72. The number of aryl methyl sites for hydroxylation is 2. The molecule has 0 bridgehead atoms. The van der Waals surface area contributed by atoms with Gasteiger partial charge in [0.1, 0.15) is 0 Å². The topological polar surface area (TPSA) is 101 Å². The van der Waals surface area contributed by atoms with Gasteiger partial charge in [-0.2, -0.15) is 4.31 Å². The molecule has 1 saturated heterocycles. The van der Waals surface area contributed by atoms with Crippen LogP contribution in [0.2, 0.25) is 0 Å². The van der Waals surface area contributed by atoms with Gasteiger partial charge in [0.15, 0.2) is 5.82 Å². The van der Waals surface area contributed by atoms with Crippen molar-refractivity contribution in [3.8, 4) is 0 Å². The minimum absolute atomic E-state index is 0.269. The fourth-order valence-electron chi connectivity index (χ4n) is 2.93. The van der Waals surface area contributed by atoms with Gasteiger partial charge in [-0.25, -0.2) is 23.4 Å². The summed E-state index contributed by atoms with van der Waals surface area (Å²) in [5, 5.41) is 3.04. The Morgan fingerprint density at radius 2 is 1.88 bits per heavy atom. The number of rotatable bonds is 4. The van der Waals surface area contributed by atoms with Crippen molar-refractivity contribution < 1.29 is 8.42 Å². The Bertz CT molecular complexity index is 835. The maximum Gasteiger partial charge on any atom is 0.228 e. The summed E-state index contributed by atoms with van der Waals surface area (Å²) in [7, 11) is -3.26. The molecule has 128 valence electrons. The average Bonchev–Trinajstić information content (AvgIpc) is 2.96. The van der Waals surface area contributed by atoms with Crippen LogP contribution < -0.4 is 5.32 Å². The van der Waals surface area contributed by atoms with Crippen molar-refractivity contribution in [3.63, 3.8) is 0 Å². The lowest BCUT2D eigenvalue weighted by Gasteiger charge is -2.21. The molecule has 1 fully saturated rings. The molecule has 3 heterocycles. The van der Waals surface area contributed by atoms with Crippen LogP contribution in [0.3, 0.4) is 0 Å². The van der Waals surface area contributed by atoms with E-state index in [0.717, 1.165) is 24.2 Å². The highest BCUT2D eigenvalue weighted by molar-refractivity contribution is 7.88. The Morgan fingerprint density at radius 1 is 1.17 bits per heavy atom. The predicted molar refractivity (Wildman–Crippen MR) is 90.3 cm³/mol. The summed E-state index contributed by atoms with van der Waals surface area (Å²) in [5.74, 6) is 0.947. The van der Waals surface area contributed by atoms with E-state index in [0.29, 0.717) is 24.0 Å². The highest BCUT2D eigenvalue weighted by atomic mass is 32.2. The molecule has 8 nitrogen and oxygen atoms in total. The molecule has 0 spiro atoms. The number of anilines is 2. The number of aromatic nitrogens is 4. The van der Waals surface area contributed by atoms with Crippen molar-refractivity contribution in [1.82, 2.24) is 24.2 Å². The zero-order chi connectivity index (χ0) is 17.3. The van der Waals surface area contributed by atoms with Crippen molar-refractivity contribution in [2.45, 2.75) is 32.7 Å². The fraction of sp³-hybridized carbons (Fsp3) is 0.467. The van der Waals surface area contributed by atoms with Gasteiger partial charge < -0.3 is 5.32 Å². The summed E-state index contributed by atoms with van der Waals surface area (Å²) in [6.07, 6.45) is 5.97. The van der Waals surface area contributed by atoms with Crippen LogP contribution in [-0.4, -0.2) is 45.5 Å². The van der Waals surface area contributed by atoms with E-state index in [-0.39, 0.29) is 6.04 Å². The Labute approximate surface area is 141 Å². The molecule has 24 heavy (non-hydrogen) atoms. The quantitative estimate of drug-likeness (QED) is 0.897. The molecule has 9 heteroatoms. The number of nitrogens with one attached hydrogen (secondary N) is 1. The van der Waals surface area contributed by atoms with Gasteiger partial charge in [0.05, 0.1) is 30.4 Å². The van der Waals surface area contributed by atoms with E-state index in [1.54, 1.807) is 12.4 Å². The smallest absolute Gasteiger partial charge is 0.228 e. The van der Waals surface area contributed by atoms with Crippen molar-refractivity contribution >= 4 is 21.8 Å². The van der Waals surface area contributed by atoms with Gasteiger partial charge in [-0.3, -0.25) is 4.98 Å². The maximum atomic E-state index is 11.9. The standard InChI is InChI=1S/C15H20N6O2S/c1-10-7-11(2)18-15(17-10)20-14-9-16-8-12(19-14)13-5-4-6-21(13)24(3,22)23/h7-9,13H,4-6H2,1-3H3,(H,17,18,19,20)/t13-/m0/s1. The first-order valence-corrected chi connectivity index (χ1v) is 9.56. The van der Waals surface area contributed by atoms with Crippen LogP contribution in [-0.2, 0) is 10.0 Å². The van der Waals surface area contributed by atoms with Gasteiger partial charge in [0.25, 0.3) is 0 Å². The van der Waals surface area contributed by atoms with Crippen LogP contribution in [0.25, 0.3) is 0 Å². The first-order chi connectivity index (χ1) is 11.3. The van der Waals surface area contributed by atoms with E-state index in [4.69, 9.17) is 0 Å². The molecule has 1 atom stereocenters. The van der Waals surface area contributed by atoms with Crippen molar-refractivity contribution in [2.24, 2.45) is 0 Å². The number of hydrogen-bond donors (Lipinski definition) is 1. The molecular weight excluding hydrogens is 328 g/mol. The lowest BCUT2D eigenvalue weighted by Crippen LogP contribution is -2.30. The Morgan fingerprint density at radius 3 is 2.54 bits per heavy atom. The highest BCUT2D eigenvalue weighted by Crippen LogP contribution is 2.32. The van der Waals surface area contributed by atoms with Gasteiger partial charge >= 0.3 is 0 Å². The molecule has 0 aliphatic carbocycles. The summed E-state index contributed by atoms with van der Waals surface area (Å²) in [5.41, 5.74) is 2.34. The first-order valence-electron chi connectivity index (χ1n) is 7.71. The van der Waals surface area contributed by atoms with Gasteiger partial charge in [0, 0.05) is 17.9 Å². The van der Waals surface area contributed by atoms with E-state index in [1.807, 2.05) is 19.9 Å². The zero-order valence-corrected chi connectivity index (χ0v) is 14.7. The Hall–Kier alpha value is -2.13. The van der Waals surface area contributed by atoms with Crippen LogP contribution in [0, 0.1) is 13.8 Å². The molecule has 0 amide bonds. The normalized spacial score (nSPS) is 18.7. The summed E-state index contributed by atoms with van der Waals surface area (Å²) < 4.78 is 25.3. The summed E-state index contributed by atoms with van der Waals surface area (Å²) in [6.45, 7) is 4.30. The molecule has 2 aromatic heterocycles. The van der Waals surface area contributed by atoms with Crippen molar-refractivity contribution in [3.05, 3.63) is 35.5 Å². The Balaban J connectivity index is 1.86. The van der Waals surface area contributed by atoms with E-state index < -0.39 is 10.0 Å². The average molecular weight is 348 g/mol. The Kier molecular flexibility index (Phi) is 4.46. The number of hydrogen-bond acceptors (Lipinski definition) is 7. The second kappa shape index (κ2) is 6.40. The van der Waals surface area contributed by atoms with Crippen molar-refractivity contribution in [2.75, 3.05) is 18.1 Å². The third-order valence-corrected chi connectivity index (χ3v) is 5.14. The largest absolute Gasteiger partial charge is 0.307 e. The van der Waals surface area contributed by atoms with Gasteiger partial charge in [-0.15, -0.1) is 0 Å². The molecule has 2 aromatic rings. The minimum Gasteiger partial charge on any atom is -0.307 e. The lowest BCUT2D eigenvalue weighted by molar-refractivity contribution is 0.393. The molecular formula is C15H20N6O2S. The van der Waals surface area contributed by atoms with Gasteiger partial charge in [-0.1, -0.05) is 0 Å². The van der Waals surface area contributed by atoms with E-state index in [9.17, 15) is 8.42 Å². The third kappa shape index (κ3) is 3.68. The molecule has 0 unspecified atom stereocenters. The van der Waals surface area contributed by atoms with E-state index in [1.165, 1.54) is 10.6 Å². The van der Waals surface area contributed by atoms with E-state index in [2.05, 4.69) is 25.3 Å². The van der Waals surface area contributed by atoms with Gasteiger partial charge in [-0.05, 0) is 32.8 Å². The monoisotopic (exact) mass is 348 g/mol. The maximum absolute atomic E-state index is 11.9. The number of sulfonamides is 1. The molecule has 1 aliphatic rings. The second-order valence-corrected chi connectivity index (χ2v) is 7.90. The van der Waals surface area contributed by atoms with Crippen molar-refractivity contribution in [1.29, 1.82) is 0 Å². The fourth-order valence-corrected chi connectivity index (χ4v) is 4.07. The summed E-state index contributed by atoms with van der Waals surface area (Å²) in [4.78, 5) is 17.3. The molecule has 1 aliphatic heterocycles. The highest BCUT2D eigenvalue weighted by Gasteiger charge is 2.33. The van der Waals surface area contributed by atoms with Crippen LogP contribution in [0.15, 0.2) is 18.5 Å². The second-order valence-electron chi connectivity index (χ2n) is 5.96. The SMILES string of the molecule is Cc1cc(C)nc(Nc2cncc([C@@H]3CCCN3S(C)(=O)=O)n2)n1.